The van der Waals surface area contributed by atoms with E-state index in [1.807, 2.05) is 0 Å². The summed E-state index contributed by atoms with van der Waals surface area (Å²) in [5.74, 6) is -1.49. The molecule has 158 valence electrons. The maximum absolute atomic E-state index is 11.5. The molecule has 0 aliphatic heterocycles. The van der Waals surface area contributed by atoms with Gasteiger partial charge in [-0.2, -0.15) is 0 Å². The summed E-state index contributed by atoms with van der Waals surface area (Å²) in [6.45, 7) is 2.63. The van der Waals surface area contributed by atoms with E-state index < -0.39 is 16.8 Å². The first kappa shape index (κ1) is 26.2. The van der Waals surface area contributed by atoms with Crippen LogP contribution in [-0.4, -0.2) is 28.5 Å². The second-order valence-corrected chi connectivity index (χ2v) is 8.28. The molecule has 27 heavy (non-hydrogen) atoms. The lowest BCUT2D eigenvalue weighted by molar-refractivity contribution is -0.146. The van der Waals surface area contributed by atoms with Gasteiger partial charge in [0, 0.05) is 0 Å². The zero-order valence-corrected chi connectivity index (χ0v) is 18.7. The molecule has 0 saturated carbocycles. The molecule has 0 fully saturated rings. The number of allylic oxidation sites excluding steroid dienone is 2. The van der Waals surface area contributed by atoms with Gasteiger partial charge < -0.3 is 9.84 Å². The van der Waals surface area contributed by atoms with Gasteiger partial charge in [0.15, 0.2) is 0 Å². The van der Waals surface area contributed by atoms with Crippen LogP contribution in [0, 0.1) is 0 Å². The minimum atomic E-state index is -1.01. The van der Waals surface area contributed by atoms with Crippen molar-refractivity contribution in [2.75, 3.05) is 6.61 Å². The summed E-state index contributed by atoms with van der Waals surface area (Å²) in [5, 5.41) is 8.61. The topological polar surface area (TPSA) is 63.6 Å². The Bertz CT molecular complexity index is 396. The number of aliphatic carboxylic acids is 1. The molecule has 0 bridgehead atoms. The van der Waals surface area contributed by atoms with Crippen LogP contribution in [0.25, 0.3) is 0 Å². The minimum absolute atomic E-state index is 0.244. The van der Waals surface area contributed by atoms with Crippen molar-refractivity contribution in [2.45, 2.75) is 108 Å². The highest BCUT2D eigenvalue weighted by Crippen LogP contribution is 2.11. The van der Waals surface area contributed by atoms with E-state index in [4.69, 9.17) is 9.84 Å². The van der Waals surface area contributed by atoms with Crippen LogP contribution in [0.4, 0.5) is 0 Å². The highest BCUT2D eigenvalue weighted by atomic mass is 79.9. The Kier molecular flexibility index (Phi) is 19.3. The van der Waals surface area contributed by atoms with Crippen molar-refractivity contribution in [3.05, 3.63) is 12.2 Å². The Morgan fingerprint density at radius 1 is 0.852 bits per heavy atom. The maximum atomic E-state index is 11.5. The number of ether oxygens (including phenoxy) is 1. The van der Waals surface area contributed by atoms with Gasteiger partial charge in [0.05, 0.1) is 13.0 Å². The fourth-order valence-electron chi connectivity index (χ4n) is 2.85. The van der Waals surface area contributed by atoms with E-state index in [0.29, 0.717) is 6.61 Å². The molecule has 1 N–H and O–H groups in total. The average Bonchev–Trinajstić information content (AvgIpc) is 2.63. The van der Waals surface area contributed by atoms with E-state index in [9.17, 15) is 9.59 Å². The summed E-state index contributed by atoms with van der Waals surface area (Å²) in [6.07, 6.45) is 21.8. The SMILES string of the molecule is CCCCCCCC/C=C\CCCCCCCCOC(=O)C(Br)CC(=O)O. The zero-order valence-electron chi connectivity index (χ0n) is 17.1. The molecular formula is C22H39BrO4. The molecule has 0 heterocycles. The van der Waals surface area contributed by atoms with Crippen LogP contribution in [0.1, 0.15) is 103 Å². The zero-order chi connectivity index (χ0) is 20.2. The smallest absolute Gasteiger partial charge is 0.320 e. The summed E-state index contributed by atoms with van der Waals surface area (Å²) >= 11 is 3.03. The van der Waals surface area contributed by atoms with Crippen molar-refractivity contribution < 1.29 is 19.4 Å². The van der Waals surface area contributed by atoms with Crippen LogP contribution >= 0.6 is 15.9 Å². The third-order valence-electron chi connectivity index (χ3n) is 4.51. The molecule has 0 aromatic carbocycles. The monoisotopic (exact) mass is 446 g/mol. The van der Waals surface area contributed by atoms with Crippen molar-refractivity contribution >= 4 is 27.9 Å². The molecule has 0 aromatic rings. The number of esters is 1. The third-order valence-corrected chi connectivity index (χ3v) is 5.21. The van der Waals surface area contributed by atoms with Crippen LogP contribution in [-0.2, 0) is 14.3 Å². The first-order chi connectivity index (χ1) is 13.1. The molecule has 0 aromatic heterocycles. The number of carboxylic acid groups (broad SMARTS) is 1. The number of rotatable bonds is 19. The molecule has 0 saturated heterocycles. The number of unbranched alkanes of at least 4 members (excludes halogenated alkanes) is 12. The van der Waals surface area contributed by atoms with E-state index >= 15 is 0 Å². The molecule has 5 heteroatoms. The Morgan fingerprint density at radius 2 is 1.33 bits per heavy atom. The lowest BCUT2D eigenvalue weighted by Gasteiger charge is -2.08. The Labute approximate surface area is 174 Å². The lowest BCUT2D eigenvalue weighted by Crippen LogP contribution is -2.21. The second kappa shape index (κ2) is 19.9. The average molecular weight is 447 g/mol. The van der Waals surface area contributed by atoms with Gasteiger partial charge in [0.2, 0.25) is 0 Å². The Hall–Kier alpha value is -0.840. The van der Waals surface area contributed by atoms with Gasteiger partial charge in [-0.1, -0.05) is 92.8 Å². The first-order valence-electron chi connectivity index (χ1n) is 10.8. The number of carbonyl (C=O) groups is 2. The molecular weight excluding hydrogens is 408 g/mol. The van der Waals surface area contributed by atoms with Crippen LogP contribution in [0.2, 0.25) is 0 Å². The van der Waals surface area contributed by atoms with E-state index in [-0.39, 0.29) is 6.42 Å². The van der Waals surface area contributed by atoms with E-state index in [1.165, 1.54) is 70.6 Å². The predicted molar refractivity (Wildman–Crippen MR) is 115 cm³/mol. The van der Waals surface area contributed by atoms with Gasteiger partial charge in [-0.15, -0.1) is 0 Å². The second-order valence-electron chi connectivity index (χ2n) is 7.17. The fraction of sp³-hybridized carbons (Fsp3) is 0.818. The summed E-state index contributed by atoms with van der Waals surface area (Å²) in [5.41, 5.74) is 0. The number of carboxylic acids is 1. The van der Waals surface area contributed by atoms with E-state index in [2.05, 4.69) is 35.0 Å². The largest absolute Gasteiger partial charge is 0.481 e. The predicted octanol–water partition coefficient (Wildman–Crippen LogP) is 6.81. The standard InChI is InChI=1S/C22H39BrO4/c1-2-3-4-5-6-7-8-9-10-11-12-13-14-15-16-17-18-27-22(26)20(23)19-21(24)25/h9-10,20H,2-8,11-19H2,1H3,(H,24,25)/b10-9-. The minimum Gasteiger partial charge on any atom is -0.481 e. The molecule has 0 amide bonds. The van der Waals surface area contributed by atoms with Gasteiger partial charge >= 0.3 is 11.9 Å². The third kappa shape index (κ3) is 19.7. The summed E-state index contributed by atoms with van der Waals surface area (Å²) in [7, 11) is 0. The number of carbonyl (C=O) groups excluding carboxylic acids is 1. The molecule has 1 atom stereocenters. The van der Waals surface area contributed by atoms with Gasteiger partial charge in [-0.25, -0.2) is 0 Å². The number of hydrogen-bond acceptors (Lipinski definition) is 3. The van der Waals surface area contributed by atoms with Crippen LogP contribution in [0.3, 0.4) is 0 Å². The molecule has 1 unspecified atom stereocenters. The normalized spacial score (nSPS) is 12.4. The Balaban J connectivity index is 3.28. The quantitative estimate of drug-likeness (QED) is 0.102. The van der Waals surface area contributed by atoms with Gasteiger partial charge in [0.1, 0.15) is 4.83 Å². The van der Waals surface area contributed by atoms with Crippen molar-refractivity contribution in [1.29, 1.82) is 0 Å². The fourth-order valence-corrected chi connectivity index (χ4v) is 3.26. The van der Waals surface area contributed by atoms with E-state index in [1.54, 1.807) is 0 Å². The summed E-state index contributed by atoms with van der Waals surface area (Å²) < 4.78 is 5.07. The van der Waals surface area contributed by atoms with Crippen molar-refractivity contribution in [1.82, 2.24) is 0 Å². The van der Waals surface area contributed by atoms with Gasteiger partial charge in [-0.3, -0.25) is 9.59 Å². The molecule has 0 spiro atoms. The van der Waals surface area contributed by atoms with E-state index in [0.717, 1.165) is 19.3 Å². The maximum Gasteiger partial charge on any atom is 0.320 e. The molecule has 0 aliphatic carbocycles. The van der Waals surface area contributed by atoms with Crippen molar-refractivity contribution in [2.24, 2.45) is 0 Å². The van der Waals surface area contributed by atoms with Gasteiger partial charge in [0.25, 0.3) is 0 Å². The van der Waals surface area contributed by atoms with Crippen LogP contribution in [0.5, 0.6) is 0 Å². The summed E-state index contributed by atoms with van der Waals surface area (Å²) in [6, 6.07) is 0. The number of alkyl halides is 1. The Morgan fingerprint density at radius 3 is 1.85 bits per heavy atom. The first-order valence-corrected chi connectivity index (χ1v) is 11.7. The highest BCUT2D eigenvalue weighted by Gasteiger charge is 2.19. The molecule has 0 rings (SSSR count). The van der Waals surface area contributed by atoms with Crippen molar-refractivity contribution in [3.8, 4) is 0 Å². The number of hydrogen-bond donors (Lipinski definition) is 1. The molecule has 4 nitrogen and oxygen atoms in total. The molecule has 0 aliphatic rings. The summed E-state index contributed by atoms with van der Waals surface area (Å²) in [4.78, 5) is 21.3. The lowest BCUT2D eigenvalue weighted by atomic mass is 10.1. The van der Waals surface area contributed by atoms with Gasteiger partial charge in [-0.05, 0) is 32.1 Å². The highest BCUT2D eigenvalue weighted by molar-refractivity contribution is 9.10. The van der Waals surface area contributed by atoms with Crippen LogP contribution in [0.15, 0.2) is 12.2 Å². The van der Waals surface area contributed by atoms with Crippen molar-refractivity contribution in [3.63, 3.8) is 0 Å². The number of halogens is 1. The molecule has 0 radical (unpaired) electrons. The van der Waals surface area contributed by atoms with Crippen LogP contribution < -0.4 is 0 Å².